The minimum atomic E-state index is -0.404. The molecule has 0 aliphatic carbocycles. The first-order valence-electron chi connectivity index (χ1n) is 10.3. The van der Waals surface area contributed by atoms with Gasteiger partial charge in [0.1, 0.15) is 18.4 Å². The first kappa shape index (κ1) is 21.9. The summed E-state index contributed by atoms with van der Waals surface area (Å²) in [7, 11) is 1.62. The molecule has 168 valence electrons. The first-order valence-corrected chi connectivity index (χ1v) is 10.7. The molecule has 0 fully saturated rings. The van der Waals surface area contributed by atoms with E-state index in [1.165, 1.54) is 17.4 Å². The van der Waals surface area contributed by atoms with Crippen LogP contribution in [0.4, 0.5) is 4.79 Å². The first-order chi connectivity index (χ1) is 15.5. The molecule has 0 saturated heterocycles. The van der Waals surface area contributed by atoms with Crippen LogP contribution in [0.25, 0.3) is 10.9 Å². The number of carbonyl (C=O) groups is 1. The van der Waals surface area contributed by atoms with Crippen molar-refractivity contribution in [1.29, 1.82) is 0 Å². The number of ether oxygens (including phenoxy) is 2. The second-order valence-corrected chi connectivity index (χ2v) is 7.96. The van der Waals surface area contributed by atoms with Crippen molar-refractivity contribution in [3.05, 3.63) is 76.7 Å². The number of nitrogens with one attached hydrogen (secondary N) is 1. The number of aromatic amines is 1. The van der Waals surface area contributed by atoms with Gasteiger partial charge in [-0.05, 0) is 47.9 Å². The SMILES string of the molecule is COc1ccc(C2c3[nH]c4ccc(Cl)cc4c3CCN2C(=O)OCCN(N)/C=C\N)cc1. The number of methoxy groups -OCH3 is 1. The maximum Gasteiger partial charge on any atom is 0.410 e. The molecule has 0 spiro atoms. The molecular formula is C23H26ClN5O3. The van der Waals surface area contributed by atoms with E-state index in [2.05, 4.69) is 4.98 Å². The Morgan fingerprint density at radius 2 is 2.09 bits per heavy atom. The Morgan fingerprint density at radius 1 is 1.31 bits per heavy atom. The number of hydrogen-bond donors (Lipinski definition) is 3. The number of benzene rings is 2. The molecule has 1 amide bonds. The van der Waals surface area contributed by atoms with Crippen LogP contribution < -0.4 is 16.3 Å². The molecule has 1 aliphatic heterocycles. The van der Waals surface area contributed by atoms with Crippen molar-refractivity contribution in [3.63, 3.8) is 0 Å². The average Bonchev–Trinajstić information content (AvgIpc) is 3.16. The Labute approximate surface area is 191 Å². The van der Waals surface area contributed by atoms with Crippen LogP contribution >= 0.6 is 11.6 Å². The Morgan fingerprint density at radius 3 is 2.81 bits per heavy atom. The highest BCUT2D eigenvalue weighted by atomic mass is 35.5. The van der Waals surface area contributed by atoms with Gasteiger partial charge in [-0.15, -0.1) is 0 Å². The molecule has 9 heteroatoms. The van der Waals surface area contributed by atoms with Crippen LogP contribution in [0.15, 0.2) is 54.9 Å². The van der Waals surface area contributed by atoms with Crippen LogP contribution in [0.3, 0.4) is 0 Å². The zero-order valence-electron chi connectivity index (χ0n) is 17.8. The lowest BCUT2D eigenvalue weighted by Gasteiger charge is -2.35. The van der Waals surface area contributed by atoms with Gasteiger partial charge in [-0.2, -0.15) is 0 Å². The fourth-order valence-electron chi connectivity index (χ4n) is 4.10. The molecule has 1 atom stereocenters. The van der Waals surface area contributed by atoms with Crippen LogP contribution in [0.5, 0.6) is 5.75 Å². The van der Waals surface area contributed by atoms with E-state index >= 15 is 0 Å². The summed E-state index contributed by atoms with van der Waals surface area (Å²) in [5.41, 5.74) is 9.39. The number of rotatable bonds is 6. The molecule has 8 nitrogen and oxygen atoms in total. The molecule has 32 heavy (non-hydrogen) atoms. The van der Waals surface area contributed by atoms with Crippen LogP contribution in [0.2, 0.25) is 5.02 Å². The highest BCUT2D eigenvalue weighted by Gasteiger charge is 2.35. The molecule has 4 rings (SSSR count). The maximum atomic E-state index is 13.1. The van der Waals surface area contributed by atoms with Gasteiger partial charge in [0.05, 0.1) is 13.7 Å². The Kier molecular flexibility index (Phi) is 6.43. The normalized spacial score (nSPS) is 15.7. The highest BCUT2D eigenvalue weighted by Crippen LogP contribution is 2.39. The fraction of sp³-hybridized carbons (Fsp3) is 0.261. The van der Waals surface area contributed by atoms with Crippen molar-refractivity contribution in [3.8, 4) is 5.75 Å². The molecule has 3 aromatic rings. The predicted octanol–water partition coefficient (Wildman–Crippen LogP) is 3.52. The van der Waals surface area contributed by atoms with Gasteiger partial charge >= 0.3 is 6.09 Å². The Hall–Kier alpha value is -3.36. The van der Waals surface area contributed by atoms with E-state index in [9.17, 15) is 4.79 Å². The largest absolute Gasteiger partial charge is 0.497 e. The summed E-state index contributed by atoms with van der Waals surface area (Å²) in [6.07, 6.45) is 3.13. The molecule has 5 N–H and O–H groups in total. The number of hydrazine groups is 1. The van der Waals surface area contributed by atoms with Gasteiger partial charge < -0.3 is 25.2 Å². The van der Waals surface area contributed by atoms with Gasteiger partial charge in [0, 0.05) is 40.6 Å². The lowest BCUT2D eigenvalue weighted by Crippen LogP contribution is -2.42. The van der Waals surface area contributed by atoms with Crippen molar-refractivity contribution in [2.45, 2.75) is 12.5 Å². The summed E-state index contributed by atoms with van der Waals surface area (Å²) in [6, 6.07) is 13.2. The van der Waals surface area contributed by atoms with E-state index in [0.29, 0.717) is 24.5 Å². The summed E-state index contributed by atoms with van der Waals surface area (Å²) in [6.45, 7) is 0.980. The molecular weight excluding hydrogens is 430 g/mol. The number of nitrogens with zero attached hydrogens (tertiary/aromatic N) is 2. The maximum absolute atomic E-state index is 13.1. The molecule has 1 unspecified atom stereocenters. The third kappa shape index (κ3) is 4.32. The Balaban J connectivity index is 1.67. The molecule has 0 bridgehead atoms. The lowest BCUT2D eigenvalue weighted by molar-refractivity contribution is 0.0832. The van der Waals surface area contributed by atoms with E-state index < -0.39 is 6.09 Å². The second kappa shape index (κ2) is 9.42. The summed E-state index contributed by atoms with van der Waals surface area (Å²) in [5.74, 6) is 6.50. The number of fused-ring (bicyclic) bond motifs is 3. The van der Waals surface area contributed by atoms with Crippen LogP contribution in [-0.4, -0.2) is 47.8 Å². The van der Waals surface area contributed by atoms with Gasteiger partial charge in [-0.25, -0.2) is 10.6 Å². The number of H-pyrrole nitrogens is 1. The average molecular weight is 456 g/mol. The predicted molar refractivity (Wildman–Crippen MR) is 124 cm³/mol. The minimum Gasteiger partial charge on any atom is -0.497 e. The van der Waals surface area contributed by atoms with Crippen molar-refractivity contribution in [1.82, 2.24) is 14.9 Å². The number of aromatic nitrogens is 1. The van der Waals surface area contributed by atoms with E-state index in [1.54, 1.807) is 12.0 Å². The number of nitrogens with two attached hydrogens (primary N) is 2. The van der Waals surface area contributed by atoms with Crippen molar-refractivity contribution in [2.24, 2.45) is 11.6 Å². The van der Waals surface area contributed by atoms with E-state index in [4.69, 9.17) is 32.7 Å². The number of carbonyl (C=O) groups excluding carboxylic acids is 1. The molecule has 0 saturated carbocycles. The van der Waals surface area contributed by atoms with Crippen molar-refractivity contribution in [2.75, 3.05) is 26.8 Å². The molecule has 1 aromatic heterocycles. The van der Waals surface area contributed by atoms with Gasteiger partial charge in [-0.1, -0.05) is 23.7 Å². The molecule has 2 aromatic carbocycles. The lowest BCUT2D eigenvalue weighted by atomic mass is 9.92. The van der Waals surface area contributed by atoms with Crippen molar-refractivity contribution < 1.29 is 14.3 Å². The fourth-order valence-corrected chi connectivity index (χ4v) is 4.27. The summed E-state index contributed by atoms with van der Waals surface area (Å²) in [5, 5.41) is 3.12. The van der Waals surface area contributed by atoms with Crippen LogP contribution in [0, 0.1) is 0 Å². The Bertz CT molecular complexity index is 1130. The molecule has 2 heterocycles. The topological polar surface area (TPSA) is 110 Å². The minimum absolute atomic E-state index is 0.140. The summed E-state index contributed by atoms with van der Waals surface area (Å²) >= 11 is 6.25. The highest BCUT2D eigenvalue weighted by molar-refractivity contribution is 6.31. The second-order valence-electron chi connectivity index (χ2n) is 7.52. The third-order valence-corrected chi connectivity index (χ3v) is 5.84. The number of halogens is 1. The molecule has 1 aliphatic rings. The summed E-state index contributed by atoms with van der Waals surface area (Å²) in [4.78, 5) is 18.3. The van der Waals surface area contributed by atoms with Gasteiger partial charge in [-0.3, -0.25) is 4.90 Å². The zero-order valence-corrected chi connectivity index (χ0v) is 18.5. The summed E-state index contributed by atoms with van der Waals surface area (Å²) < 4.78 is 10.8. The zero-order chi connectivity index (χ0) is 22.7. The van der Waals surface area contributed by atoms with Crippen molar-refractivity contribution >= 4 is 28.6 Å². The van der Waals surface area contributed by atoms with Gasteiger partial charge in [0.15, 0.2) is 0 Å². The smallest absolute Gasteiger partial charge is 0.410 e. The van der Waals surface area contributed by atoms with Gasteiger partial charge in [0.2, 0.25) is 0 Å². The van der Waals surface area contributed by atoms with Crippen LogP contribution in [-0.2, 0) is 11.2 Å². The quantitative estimate of drug-likeness (QED) is 0.387. The number of amides is 1. The van der Waals surface area contributed by atoms with Crippen LogP contribution in [0.1, 0.15) is 22.9 Å². The third-order valence-electron chi connectivity index (χ3n) is 5.61. The van der Waals surface area contributed by atoms with E-state index in [-0.39, 0.29) is 12.6 Å². The van der Waals surface area contributed by atoms with Gasteiger partial charge in [0.25, 0.3) is 0 Å². The standard InChI is InChI=1S/C23H26ClN5O3/c1-31-17-5-2-15(3-6-17)22-21-18(19-14-16(24)4-7-20(19)27-21)8-10-29(22)23(30)32-13-12-28(26)11-9-25/h2-7,9,11,14,22,27H,8,10,12-13,25-26H2,1H3/b11-9-. The number of hydrogen-bond acceptors (Lipinski definition) is 6. The monoisotopic (exact) mass is 455 g/mol. The van der Waals surface area contributed by atoms with E-state index in [0.717, 1.165) is 33.5 Å². The molecule has 0 radical (unpaired) electrons. The van der Waals surface area contributed by atoms with E-state index in [1.807, 2.05) is 42.5 Å².